The van der Waals surface area contributed by atoms with Gasteiger partial charge in [-0.3, -0.25) is 4.79 Å². The van der Waals surface area contributed by atoms with Crippen LogP contribution in [0.1, 0.15) is 27.2 Å². The number of para-hydroxylation sites is 1. The summed E-state index contributed by atoms with van der Waals surface area (Å²) in [6.07, 6.45) is 0.413. The Hall–Kier alpha value is -2.49. The molecule has 0 spiro atoms. The number of hydrogen-bond donors (Lipinski definition) is 1. The van der Waals surface area contributed by atoms with E-state index in [9.17, 15) is 4.79 Å². The monoisotopic (exact) mass is 327 g/mol. The second-order valence-electron chi connectivity index (χ2n) is 6.12. The van der Waals surface area contributed by atoms with Crippen molar-refractivity contribution in [1.29, 1.82) is 0 Å². The van der Waals surface area contributed by atoms with Crippen LogP contribution in [0, 0.1) is 5.92 Å². The van der Waals surface area contributed by atoms with Gasteiger partial charge in [-0.2, -0.15) is 0 Å². The molecule has 1 N–H and O–H groups in total. The maximum absolute atomic E-state index is 12.3. The molecule has 0 aliphatic carbocycles. The zero-order valence-electron chi connectivity index (χ0n) is 14.5. The maximum Gasteiger partial charge on any atom is 0.265 e. The van der Waals surface area contributed by atoms with Gasteiger partial charge in [0.1, 0.15) is 11.5 Å². The highest BCUT2D eigenvalue weighted by Crippen LogP contribution is 2.19. The molecule has 0 saturated carbocycles. The molecule has 0 fully saturated rings. The molecule has 0 saturated heterocycles. The van der Waals surface area contributed by atoms with Gasteiger partial charge in [0.2, 0.25) is 0 Å². The van der Waals surface area contributed by atoms with Crippen molar-refractivity contribution in [1.82, 2.24) is 0 Å². The minimum absolute atomic E-state index is 0.196. The number of carbonyl (C=O) groups excluding carboxylic acids is 1. The second-order valence-corrected chi connectivity index (χ2v) is 6.12. The van der Waals surface area contributed by atoms with Crippen LogP contribution in [0.15, 0.2) is 54.6 Å². The van der Waals surface area contributed by atoms with E-state index in [0.717, 1.165) is 12.2 Å². The molecular formula is C20H25NO3. The van der Waals surface area contributed by atoms with Crippen molar-refractivity contribution in [2.75, 3.05) is 11.9 Å². The van der Waals surface area contributed by atoms with Crippen LogP contribution >= 0.6 is 0 Å². The lowest BCUT2D eigenvalue weighted by molar-refractivity contribution is -0.122. The largest absolute Gasteiger partial charge is 0.494 e. The van der Waals surface area contributed by atoms with Gasteiger partial charge in [0, 0.05) is 11.8 Å². The van der Waals surface area contributed by atoms with Crippen molar-refractivity contribution in [2.24, 2.45) is 5.92 Å². The fraction of sp³-hybridized carbons (Fsp3) is 0.350. The van der Waals surface area contributed by atoms with Crippen LogP contribution in [0.2, 0.25) is 0 Å². The Labute approximate surface area is 143 Å². The number of hydrogen-bond acceptors (Lipinski definition) is 3. The Kier molecular flexibility index (Phi) is 6.67. The Morgan fingerprint density at radius 2 is 1.71 bits per heavy atom. The number of rotatable bonds is 8. The van der Waals surface area contributed by atoms with E-state index < -0.39 is 6.10 Å². The topological polar surface area (TPSA) is 47.6 Å². The highest BCUT2D eigenvalue weighted by Gasteiger charge is 2.15. The number of nitrogens with one attached hydrogen (secondary N) is 1. The SMILES string of the molecule is CC(C)CCOc1cccc(NC(=O)C(C)Oc2ccccc2)c1. The minimum Gasteiger partial charge on any atom is -0.494 e. The van der Waals surface area contributed by atoms with Gasteiger partial charge in [-0.15, -0.1) is 0 Å². The van der Waals surface area contributed by atoms with Crippen LogP contribution < -0.4 is 14.8 Å². The first-order valence-electron chi connectivity index (χ1n) is 8.30. The average Bonchev–Trinajstić information content (AvgIpc) is 2.55. The van der Waals surface area contributed by atoms with E-state index in [0.29, 0.717) is 24.0 Å². The van der Waals surface area contributed by atoms with Crippen LogP contribution in [0.4, 0.5) is 5.69 Å². The molecule has 4 nitrogen and oxygen atoms in total. The van der Waals surface area contributed by atoms with Crippen LogP contribution in [0.3, 0.4) is 0 Å². The Morgan fingerprint density at radius 1 is 1.00 bits per heavy atom. The Morgan fingerprint density at radius 3 is 2.42 bits per heavy atom. The number of ether oxygens (including phenoxy) is 2. The minimum atomic E-state index is -0.585. The van der Waals surface area contributed by atoms with Crippen LogP contribution in [0.5, 0.6) is 11.5 Å². The fourth-order valence-corrected chi connectivity index (χ4v) is 2.08. The van der Waals surface area contributed by atoms with E-state index in [1.54, 1.807) is 6.92 Å². The molecule has 2 aromatic carbocycles. The van der Waals surface area contributed by atoms with Crippen molar-refractivity contribution < 1.29 is 14.3 Å². The molecule has 0 aliphatic heterocycles. The summed E-state index contributed by atoms with van der Waals surface area (Å²) in [6, 6.07) is 16.7. The molecule has 0 aromatic heterocycles. The average molecular weight is 327 g/mol. The highest BCUT2D eigenvalue weighted by atomic mass is 16.5. The van der Waals surface area contributed by atoms with Gasteiger partial charge in [-0.25, -0.2) is 0 Å². The van der Waals surface area contributed by atoms with Crippen molar-refractivity contribution >= 4 is 11.6 Å². The number of carbonyl (C=O) groups is 1. The van der Waals surface area contributed by atoms with Crippen molar-refractivity contribution in [3.8, 4) is 11.5 Å². The molecule has 2 rings (SSSR count). The van der Waals surface area contributed by atoms with Crippen molar-refractivity contribution in [3.05, 3.63) is 54.6 Å². The second kappa shape index (κ2) is 8.96. The maximum atomic E-state index is 12.3. The summed E-state index contributed by atoms with van der Waals surface area (Å²) in [4.78, 5) is 12.3. The molecule has 0 radical (unpaired) electrons. The van der Waals surface area contributed by atoms with Gasteiger partial charge >= 0.3 is 0 Å². The Bertz CT molecular complexity index is 640. The summed E-state index contributed by atoms with van der Waals surface area (Å²) in [6.45, 7) is 6.72. The van der Waals surface area contributed by atoms with E-state index in [4.69, 9.17) is 9.47 Å². The van der Waals surface area contributed by atoms with Crippen LogP contribution in [0.25, 0.3) is 0 Å². The molecule has 128 valence electrons. The van der Waals surface area contributed by atoms with Gasteiger partial charge in [0.05, 0.1) is 6.61 Å². The highest BCUT2D eigenvalue weighted by molar-refractivity contribution is 5.94. The third-order valence-corrected chi connectivity index (χ3v) is 3.49. The summed E-state index contributed by atoms with van der Waals surface area (Å²) in [5.41, 5.74) is 0.700. The quantitative estimate of drug-likeness (QED) is 0.775. The summed E-state index contributed by atoms with van der Waals surface area (Å²) in [5, 5.41) is 2.86. The van der Waals surface area contributed by atoms with E-state index in [2.05, 4.69) is 19.2 Å². The smallest absolute Gasteiger partial charge is 0.265 e. The summed E-state index contributed by atoms with van der Waals surface area (Å²) >= 11 is 0. The van der Waals surface area contributed by atoms with E-state index in [1.165, 1.54) is 0 Å². The molecule has 1 unspecified atom stereocenters. The first kappa shape index (κ1) is 17.9. The zero-order valence-corrected chi connectivity index (χ0v) is 14.5. The van der Waals surface area contributed by atoms with Crippen molar-refractivity contribution in [2.45, 2.75) is 33.3 Å². The summed E-state index contributed by atoms with van der Waals surface area (Å²) in [5.74, 6) is 1.83. The van der Waals surface area contributed by atoms with Gasteiger partial charge < -0.3 is 14.8 Å². The number of benzene rings is 2. The normalized spacial score (nSPS) is 11.8. The van der Waals surface area contributed by atoms with Gasteiger partial charge in [0.25, 0.3) is 5.91 Å². The lowest BCUT2D eigenvalue weighted by atomic mass is 10.1. The van der Waals surface area contributed by atoms with Crippen LogP contribution in [-0.2, 0) is 4.79 Å². The third kappa shape index (κ3) is 5.95. The van der Waals surface area contributed by atoms with Gasteiger partial charge in [0.15, 0.2) is 6.10 Å². The molecule has 0 aliphatic rings. The van der Waals surface area contributed by atoms with Gasteiger partial charge in [-0.05, 0) is 43.5 Å². The molecule has 24 heavy (non-hydrogen) atoms. The third-order valence-electron chi connectivity index (χ3n) is 3.49. The van der Waals surface area contributed by atoms with E-state index >= 15 is 0 Å². The molecule has 0 heterocycles. The molecule has 1 atom stereocenters. The standard InChI is InChI=1S/C20H25NO3/c1-15(2)12-13-23-19-11-7-8-17(14-19)21-20(22)16(3)24-18-9-5-4-6-10-18/h4-11,14-16H,12-13H2,1-3H3,(H,21,22). The van der Waals surface area contributed by atoms with E-state index in [-0.39, 0.29) is 5.91 Å². The molecule has 2 aromatic rings. The van der Waals surface area contributed by atoms with Crippen LogP contribution in [-0.4, -0.2) is 18.6 Å². The lowest BCUT2D eigenvalue weighted by Gasteiger charge is -2.15. The molecular weight excluding hydrogens is 302 g/mol. The number of amides is 1. The summed E-state index contributed by atoms with van der Waals surface area (Å²) < 4.78 is 11.3. The molecule has 4 heteroatoms. The van der Waals surface area contributed by atoms with E-state index in [1.807, 2.05) is 54.6 Å². The summed E-state index contributed by atoms with van der Waals surface area (Å²) in [7, 11) is 0. The zero-order chi connectivity index (χ0) is 17.4. The predicted molar refractivity (Wildman–Crippen MR) is 96.6 cm³/mol. The predicted octanol–water partition coefficient (Wildman–Crippen LogP) is 4.52. The number of anilines is 1. The fourth-order valence-electron chi connectivity index (χ4n) is 2.08. The molecule has 0 bridgehead atoms. The molecule has 1 amide bonds. The first-order valence-corrected chi connectivity index (χ1v) is 8.30. The first-order chi connectivity index (χ1) is 11.5. The lowest BCUT2D eigenvalue weighted by Crippen LogP contribution is -2.30. The van der Waals surface area contributed by atoms with Crippen molar-refractivity contribution in [3.63, 3.8) is 0 Å². The Balaban J connectivity index is 1.88. The van der Waals surface area contributed by atoms with Gasteiger partial charge in [-0.1, -0.05) is 38.1 Å².